The predicted molar refractivity (Wildman–Crippen MR) is 409 cm³/mol. The van der Waals surface area contributed by atoms with Gasteiger partial charge in [0, 0.05) is 104 Å². The van der Waals surface area contributed by atoms with Crippen LogP contribution in [0.1, 0.15) is 164 Å². The van der Waals surface area contributed by atoms with E-state index in [1.54, 1.807) is 20.8 Å². The molecule has 3 heterocycles. The molecule has 3 rings (SSSR count). The topological polar surface area (TPSA) is 635 Å². The van der Waals surface area contributed by atoms with Crippen molar-refractivity contribution in [3.8, 4) is 0 Å². The molecule has 0 aliphatic carbocycles. The molecule has 0 aromatic heterocycles. The van der Waals surface area contributed by atoms with Crippen molar-refractivity contribution in [3.63, 3.8) is 0 Å². The van der Waals surface area contributed by atoms with Gasteiger partial charge in [0.1, 0.15) is 92.7 Å². The van der Waals surface area contributed by atoms with Gasteiger partial charge in [0.05, 0.1) is 85.9 Å². The first kappa shape index (κ1) is 105. The van der Waals surface area contributed by atoms with Crippen LogP contribution in [0.15, 0.2) is 0 Å². The Hall–Kier alpha value is -6.40. The third-order valence-electron chi connectivity index (χ3n) is 18.6. The fourth-order valence-corrected chi connectivity index (χ4v) is 12.8. The minimum Gasteiger partial charge on any atom is -0.778 e. The van der Waals surface area contributed by atoms with Gasteiger partial charge in [-0.05, 0) is 70.6 Å². The fraction of sp³-hybridized carbons (Fsp3) is 0.849. The minimum absolute atomic E-state index is 0.000237. The van der Waals surface area contributed by atoms with E-state index in [9.17, 15) is 108 Å². The standard InChI is InChI=1S/C73H132N11O32P/c1-45(88)80-59-65(100)62(97)50(42-85)114-70(59)110-39-36-107-33-29-76-55(93)22-15-20-53(91)74-26-12-9-18-48(68(103)79-28-11-7-8-14-32-113-117(105,106)73(4,5)6)84-69(104)49(83-58(96)25-17-24-57(95)78-31-35-109-38-41-112-72-61(82-47(3)90)67(102)64(99)52(44-87)116-72)19-10-13-27-75-54(92)21-16-23-56(94)77-30-34-108-37-40-111-71-60(81-46(2)89)66(101)63(98)51(43-86)115-71/h48-52,59-67,70-72,85-87,97-102H,7-44H2,1-6H3,(H,74,91)(H,75,92)(H,76,93)(H,77,94)(H,78,95)(H,79,103)(H,80,88)(H,81,89)(H,82,90)(H,83,96)(H,84,104)(H,105,106)/p-1/t48-,49-,50?,51?,52?,59?,60?,61?,62?,63?,64?,65?,66?,67?,70?,71?,72?/m0/s1. The highest BCUT2D eigenvalue weighted by Crippen LogP contribution is 2.51. The van der Waals surface area contributed by atoms with Crippen LogP contribution in [-0.2, 0) is 104 Å². The van der Waals surface area contributed by atoms with Gasteiger partial charge in [0.15, 0.2) is 18.9 Å². The second-order valence-corrected chi connectivity index (χ2v) is 32.0. The monoisotopic (exact) mass is 1700 g/mol. The van der Waals surface area contributed by atoms with Crippen molar-refractivity contribution in [2.45, 2.75) is 273 Å². The highest BCUT2D eigenvalue weighted by Gasteiger charge is 2.48. The van der Waals surface area contributed by atoms with E-state index in [0.717, 1.165) is 0 Å². The van der Waals surface area contributed by atoms with E-state index in [2.05, 4.69) is 58.5 Å². The highest BCUT2D eigenvalue weighted by molar-refractivity contribution is 7.53. The van der Waals surface area contributed by atoms with Crippen LogP contribution in [0.25, 0.3) is 0 Å². The van der Waals surface area contributed by atoms with Gasteiger partial charge in [-0.15, -0.1) is 0 Å². The molecule has 44 heteroatoms. The Morgan fingerprint density at radius 3 is 1.01 bits per heavy atom. The number of aliphatic hydroxyl groups excluding tert-OH is 9. The molecule has 43 nitrogen and oxygen atoms in total. The van der Waals surface area contributed by atoms with E-state index < -0.39 is 178 Å². The lowest BCUT2D eigenvalue weighted by Crippen LogP contribution is -2.64. The summed E-state index contributed by atoms with van der Waals surface area (Å²) in [6.07, 6.45) is -12.3. The Bertz CT molecular complexity index is 3010. The summed E-state index contributed by atoms with van der Waals surface area (Å²) in [4.78, 5) is 153. The Morgan fingerprint density at radius 1 is 0.368 bits per heavy atom. The first-order chi connectivity index (χ1) is 55.6. The summed E-state index contributed by atoms with van der Waals surface area (Å²) >= 11 is 0. The summed E-state index contributed by atoms with van der Waals surface area (Å²) in [5.41, 5.74) is 0. The Morgan fingerprint density at radius 2 is 0.675 bits per heavy atom. The van der Waals surface area contributed by atoms with Crippen molar-refractivity contribution in [1.29, 1.82) is 0 Å². The molecule has 0 bridgehead atoms. The molecule has 117 heavy (non-hydrogen) atoms. The van der Waals surface area contributed by atoms with Gasteiger partial charge < -0.3 is 161 Å². The summed E-state index contributed by atoms with van der Waals surface area (Å²) in [6, 6.07) is -5.75. The number of rotatable bonds is 61. The van der Waals surface area contributed by atoms with Gasteiger partial charge in [-0.3, -0.25) is 52.7 Å². The molecule has 0 spiro atoms. The quantitative estimate of drug-likeness (QED) is 0.0199. The zero-order chi connectivity index (χ0) is 86.9. The number of hydrogen-bond donors (Lipinski definition) is 20. The third kappa shape index (κ3) is 42.6. The van der Waals surface area contributed by atoms with E-state index in [-0.39, 0.29) is 206 Å². The van der Waals surface area contributed by atoms with E-state index in [1.165, 1.54) is 20.8 Å². The summed E-state index contributed by atoms with van der Waals surface area (Å²) in [5.74, 6) is -5.20. The predicted octanol–water partition coefficient (Wildman–Crippen LogP) is -6.64. The summed E-state index contributed by atoms with van der Waals surface area (Å²) in [5, 5.41) is 119. The average Bonchev–Trinajstić information content (AvgIpc) is 0.818. The van der Waals surface area contributed by atoms with Gasteiger partial charge >= 0.3 is 0 Å². The zero-order valence-electron chi connectivity index (χ0n) is 68.0. The number of unbranched alkanes of at least 4 members (excludes halogenated alkanes) is 5. The van der Waals surface area contributed by atoms with Crippen LogP contribution < -0.4 is 63.4 Å². The lowest BCUT2D eigenvalue weighted by atomic mass is 9.97. The van der Waals surface area contributed by atoms with Crippen LogP contribution in [0.3, 0.4) is 0 Å². The lowest BCUT2D eigenvalue weighted by Gasteiger charge is -2.42. The minimum atomic E-state index is -4.10. The molecular formula is C73H131N11O32P-. The average molecular weight is 1710 g/mol. The highest BCUT2D eigenvalue weighted by atomic mass is 31.2. The largest absolute Gasteiger partial charge is 0.778 e. The molecule has 0 aromatic carbocycles. The molecular weight excluding hydrogens is 1570 g/mol. The molecule has 3 aliphatic rings. The second kappa shape index (κ2) is 58.5. The fourth-order valence-electron chi connectivity index (χ4n) is 12.0. The first-order valence-electron chi connectivity index (χ1n) is 40.1. The number of aliphatic hydroxyl groups is 9. The van der Waals surface area contributed by atoms with Gasteiger partial charge in [-0.25, -0.2) is 0 Å². The number of carbonyl (C=O) groups is 11. The number of carbonyl (C=O) groups excluding carboxylic acids is 11. The molecule has 3 saturated heterocycles. The Labute approximate surface area is 681 Å². The summed E-state index contributed by atoms with van der Waals surface area (Å²) in [7, 11) is -4.10. The molecule has 20 N–H and O–H groups in total. The number of amides is 11. The van der Waals surface area contributed by atoms with Crippen LogP contribution in [0.4, 0.5) is 0 Å². The molecule has 3 aliphatic heterocycles. The maximum Gasteiger partial charge on any atom is 0.243 e. The van der Waals surface area contributed by atoms with Crippen LogP contribution in [0, 0.1) is 0 Å². The molecule has 11 amide bonds. The maximum absolute atomic E-state index is 14.4. The van der Waals surface area contributed by atoms with Crippen molar-refractivity contribution in [2.75, 3.05) is 125 Å². The van der Waals surface area contributed by atoms with Gasteiger partial charge in [0.2, 0.25) is 65.0 Å². The van der Waals surface area contributed by atoms with Crippen LogP contribution in [-0.4, -0.2) is 345 Å². The van der Waals surface area contributed by atoms with Gasteiger partial charge in [-0.2, -0.15) is 0 Å². The second-order valence-electron chi connectivity index (χ2n) is 29.4. The molecule has 18 atom stereocenters. The van der Waals surface area contributed by atoms with Crippen molar-refractivity contribution in [1.82, 2.24) is 58.5 Å². The Balaban J connectivity index is 1.56. The van der Waals surface area contributed by atoms with E-state index in [4.69, 9.17) is 47.2 Å². The van der Waals surface area contributed by atoms with Gasteiger partial charge in [0.25, 0.3) is 0 Å². The van der Waals surface area contributed by atoms with Crippen molar-refractivity contribution in [3.05, 3.63) is 0 Å². The van der Waals surface area contributed by atoms with Crippen molar-refractivity contribution in [2.24, 2.45) is 0 Å². The van der Waals surface area contributed by atoms with Crippen molar-refractivity contribution < 1.29 is 155 Å². The Kier molecular flexibility index (Phi) is 52.4. The lowest BCUT2D eigenvalue weighted by molar-refractivity contribution is -0.272. The van der Waals surface area contributed by atoms with Crippen LogP contribution >= 0.6 is 7.60 Å². The van der Waals surface area contributed by atoms with Crippen LogP contribution in [0.5, 0.6) is 0 Å². The van der Waals surface area contributed by atoms with E-state index >= 15 is 0 Å². The molecule has 3 fully saturated rings. The molecule has 676 valence electrons. The smallest absolute Gasteiger partial charge is 0.243 e. The number of ether oxygens (including phenoxy) is 9. The first-order valence-corrected chi connectivity index (χ1v) is 41.6. The zero-order valence-corrected chi connectivity index (χ0v) is 68.9. The molecule has 0 saturated carbocycles. The van der Waals surface area contributed by atoms with Crippen molar-refractivity contribution >= 4 is 72.6 Å². The van der Waals surface area contributed by atoms with Crippen LogP contribution in [0.2, 0.25) is 0 Å². The molecule has 0 aromatic rings. The maximum atomic E-state index is 14.4. The molecule has 0 radical (unpaired) electrons. The van der Waals surface area contributed by atoms with Gasteiger partial charge in [-0.1, -0.05) is 33.6 Å². The summed E-state index contributed by atoms with van der Waals surface area (Å²) < 4.78 is 67.5. The number of nitrogens with one attached hydrogen (secondary N) is 11. The van der Waals surface area contributed by atoms with E-state index in [0.29, 0.717) is 44.9 Å². The van der Waals surface area contributed by atoms with E-state index in [1.807, 2.05) is 0 Å². The SMILES string of the molecule is CC(=O)NC1C(OCCOCCNC(=O)CCCC(=O)NCCCC[C@H](NC(=O)CCCC(=O)NCCOCCOC2OC(CO)C(O)C(O)C2NC(C)=O)C(=O)N[C@@H](CCCCNC(=O)CCCC(=O)NCCOCCOC2OC(CO)C(O)C(O)C2NC(C)=O)C(=O)NCCCCCCOP(=O)([O-])C(C)(C)C)OC(CO)C(O)C1O. The summed E-state index contributed by atoms with van der Waals surface area (Å²) in [6.45, 7) is 7.18. The number of hydrogen-bond acceptors (Lipinski definition) is 32. The normalized spacial score (nSPS) is 24.3. The third-order valence-corrected chi connectivity index (χ3v) is 20.8. The molecule has 16 unspecified atom stereocenters.